The Hall–Kier alpha value is -2.96. The van der Waals surface area contributed by atoms with Gasteiger partial charge in [-0.3, -0.25) is 4.79 Å². The number of benzene rings is 2. The molecule has 0 aliphatic rings. The fourth-order valence-electron chi connectivity index (χ4n) is 2.46. The second-order valence-corrected chi connectivity index (χ2v) is 11.1. The van der Waals surface area contributed by atoms with Crippen LogP contribution in [0.4, 0.5) is 0 Å². The Morgan fingerprint density at radius 2 is 1.65 bits per heavy atom. The molecule has 0 aliphatic carbocycles. The number of aliphatic imine (C=N–C) groups is 1. The molecule has 0 atom stereocenters. The van der Waals surface area contributed by atoms with Crippen LogP contribution in [-0.2, 0) is 19.7 Å². The van der Waals surface area contributed by atoms with Crippen LogP contribution in [0.5, 0.6) is 11.5 Å². The molecule has 0 aliphatic heterocycles. The van der Waals surface area contributed by atoms with E-state index in [1.165, 1.54) is 36.4 Å². The first-order chi connectivity index (χ1) is 14.3. The van der Waals surface area contributed by atoms with E-state index in [-0.39, 0.29) is 32.6 Å². The first-order valence-electron chi connectivity index (χ1n) is 8.93. The van der Waals surface area contributed by atoms with Gasteiger partial charge in [0.25, 0.3) is 5.91 Å². The van der Waals surface area contributed by atoms with Gasteiger partial charge in [-0.2, -0.15) is 4.99 Å². The summed E-state index contributed by atoms with van der Waals surface area (Å²) >= 11 is 0. The van der Waals surface area contributed by atoms with Gasteiger partial charge in [0.1, 0.15) is 16.4 Å². The third kappa shape index (κ3) is 6.77. The SMILES string of the molecule is CN(C)CCS(=O)(=O)c1ccc(Oc2ccc(C(=O)N=C(N)N)cc2S(C)(=O)=O)cc1. The van der Waals surface area contributed by atoms with E-state index in [9.17, 15) is 21.6 Å². The highest BCUT2D eigenvalue weighted by Crippen LogP contribution is 2.30. The number of guanidine groups is 1. The molecule has 10 nitrogen and oxygen atoms in total. The van der Waals surface area contributed by atoms with Crippen LogP contribution in [0.15, 0.2) is 57.2 Å². The lowest BCUT2D eigenvalue weighted by Gasteiger charge is -2.12. The van der Waals surface area contributed by atoms with Crippen molar-refractivity contribution in [1.82, 2.24) is 4.90 Å². The number of amides is 1. The normalized spacial score (nSPS) is 11.9. The molecule has 2 rings (SSSR count). The molecule has 0 radical (unpaired) electrons. The van der Waals surface area contributed by atoms with Crippen LogP contribution in [0.1, 0.15) is 10.4 Å². The number of hydrogen-bond acceptors (Lipinski definition) is 7. The highest BCUT2D eigenvalue weighted by atomic mass is 32.2. The first kappa shape index (κ1) is 24.3. The molecule has 0 aromatic heterocycles. The number of sulfone groups is 2. The fraction of sp³-hybridized carbons (Fsp3) is 0.263. The van der Waals surface area contributed by atoms with Crippen LogP contribution in [0, 0.1) is 0 Å². The quantitative estimate of drug-likeness (QED) is 0.418. The second kappa shape index (κ2) is 9.45. The van der Waals surface area contributed by atoms with Crippen molar-refractivity contribution in [2.24, 2.45) is 16.5 Å². The van der Waals surface area contributed by atoms with Crippen molar-refractivity contribution in [2.45, 2.75) is 9.79 Å². The zero-order valence-electron chi connectivity index (χ0n) is 17.3. The van der Waals surface area contributed by atoms with E-state index in [2.05, 4.69) is 4.99 Å². The summed E-state index contributed by atoms with van der Waals surface area (Å²) in [5.41, 5.74) is 10.3. The van der Waals surface area contributed by atoms with Crippen LogP contribution < -0.4 is 16.2 Å². The molecular weight excluding hydrogens is 444 g/mol. The smallest absolute Gasteiger partial charge is 0.280 e. The fourth-order valence-corrected chi connectivity index (χ4v) is 4.67. The van der Waals surface area contributed by atoms with Gasteiger partial charge in [0, 0.05) is 18.4 Å². The summed E-state index contributed by atoms with van der Waals surface area (Å²) in [4.78, 5) is 17.0. The molecular formula is C19H24N4O6S2. The van der Waals surface area contributed by atoms with Gasteiger partial charge in [0.15, 0.2) is 25.6 Å². The lowest BCUT2D eigenvalue weighted by Crippen LogP contribution is -2.24. The van der Waals surface area contributed by atoms with E-state index in [0.29, 0.717) is 6.54 Å². The lowest BCUT2D eigenvalue weighted by atomic mass is 10.2. The summed E-state index contributed by atoms with van der Waals surface area (Å²) in [5.74, 6) is -1.11. The average Bonchev–Trinajstić information content (AvgIpc) is 2.66. The van der Waals surface area contributed by atoms with Crippen LogP contribution in [0.2, 0.25) is 0 Å². The van der Waals surface area contributed by atoms with Gasteiger partial charge in [-0.1, -0.05) is 0 Å². The van der Waals surface area contributed by atoms with Gasteiger partial charge in [-0.25, -0.2) is 16.8 Å². The number of rotatable bonds is 8. The van der Waals surface area contributed by atoms with E-state index in [0.717, 1.165) is 12.3 Å². The average molecular weight is 469 g/mol. The van der Waals surface area contributed by atoms with Gasteiger partial charge < -0.3 is 21.1 Å². The zero-order valence-corrected chi connectivity index (χ0v) is 18.9. The number of ether oxygens (including phenoxy) is 1. The number of carbonyl (C=O) groups is 1. The summed E-state index contributed by atoms with van der Waals surface area (Å²) in [7, 11) is -3.68. The Kier molecular flexibility index (Phi) is 7.41. The molecule has 0 fully saturated rings. The van der Waals surface area contributed by atoms with Crippen LogP contribution in [0.25, 0.3) is 0 Å². The molecule has 0 bridgehead atoms. The maximum atomic E-state index is 12.4. The van der Waals surface area contributed by atoms with E-state index in [1.807, 2.05) is 0 Å². The first-order valence-corrected chi connectivity index (χ1v) is 12.5. The summed E-state index contributed by atoms with van der Waals surface area (Å²) in [5, 5.41) is 0. The third-order valence-corrected chi connectivity index (χ3v) is 6.87. The molecule has 0 unspecified atom stereocenters. The molecule has 4 N–H and O–H groups in total. The van der Waals surface area contributed by atoms with E-state index in [4.69, 9.17) is 16.2 Å². The van der Waals surface area contributed by atoms with Crippen LogP contribution >= 0.6 is 0 Å². The summed E-state index contributed by atoms with van der Waals surface area (Å²) in [6.45, 7) is 0.378. The minimum absolute atomic E-state index is 0.0352. The number of carbonyl (C=O) groups excluding carboxylic acids is 1. The lowest BCUT2D eigenvalue weighted by molar-refractivity contribution is 0.100. The van der Waals surface area contributed by atoms with Crippen LogP contribution in [0.3, 0.4) is 0 Å². The standard InChI is InChI=1S/C19H24N4O6S2/c1-23(2)10-11-31(27,28)15-7-5-14(6-8-15)29-16-9-4-13(18(24)22-19(20)21)12-17(16)30(3,25)26/h4-9,12H,10-11H2,1-3H3,(H4,20,21,22,24). The Bertz CT molecular complexity index is 1200. The van der Waals surface area contributed by atoms with Gasteiger partial charge in [0.2, 0.25) is 0 Å². The molecule has 1 amide bonds. The Labute approximate surface area is 181 Å². The molecule has 0 spiro atoms. The van der Waals surface area contributed by atoms with Crippen molar-refractivity contribution in [2.75, 3.05) is 32.6 Å². The summed E-state index contributed by atoms with van der Waals surface area (Å²) < 4.78 is 54.8. The molecule has 0 heterocycles. The van der Waals surface area contributed by atoms with Crippen LogP contribution in [-0.4, -0.2) is 66.3 Å². The molecule has 2 aromatic rings. The molecule has 0 saturated heterocycles. The Morgan fingerprint density at radius 1 is 1.03 bits per heavy atom. The predicted molar refractivity (Wildman–Crippen MR) is 117 cm³/mol. The van der Waals surface area contributed by atoms with Crippen molar-refractivity contribution in [1.29, 1.82) is 0 Å². The maximum absolute atomic E-state index is 12.4. The van der Waals surface area contributed by atoms with Crippen molar-refractivity contribution in [3.63, 3.8) is 0 Å². The Morgan fingerprint density at radius 3 is 2.16 bits per heavy atom. The van der Waals surface area contributed by atoms with E-state index >= 15 is 0 Å². The Balaban J connectivity index is 2.34. The van der Waals surface area contributed by atoms with E-state index < -0.39 is 31.5 Å². The maximum Gasteiger partial charge on any atom is 0.280 e. The second-order valence-electron chi connectivity index (χ2n) is 6.97. The van der Waals surface area contributed by atoms with Gasteiger partial charge >= 0.3 is 0 Å². The molecule has 12 heteroatoms. The summed E-state index contributed by atoms with van der Waals surface area (Å²) in [6, 6.07) is 9.35. The summed E-state index contributed by atoms with van der Waals surface area (Å²) in [6.07, 6.45) is 0.963. The van der Waals surface area contributed by atoms with E-state index in [1.54, 1.807) is 19.0 Å². The highest BCUT2D eigenvalue weighted by molar-refractivity contribution is 7.91. The van der Waals surface area contributed by atoms with Gasteiger partial charge in [-0.05, 0) is 56.6 Å². The minimum Gasteiger partial charge on any atom is -0.456 e. The molecule has 168 valence electrons. The topological polar surface area (TPSA) is 162 Å². The number of nitrogens with two attached hydrogens (primary N) is 2. The number of nitrogens with zero attached hydrogens (tertiary/aromatic N) is 2. The zero-order chi connectivity index (χ0) is 23.4. The van der Waals surface area contributed by atoms with Gasteiger partial charge in [0.05, 0.1) is 10.6 Å². The molecule has 0 saturated carbocycles. The van der Waals surface area contributed by atoms with Crippen molar-refractivity contribution < 1.29 is 26.4 Å². The highest BCUT2D eigenvalue weighted by Gasteiger charge is 2.19. The monoisotopic (exact) mass is 468 g/mol. The molecule has 2 aromatic carbocycles. The van der Waals surface area contributed by atoms with Crippen molar-refractivity contribution in [3.8, 4) is 11.5 Å². The minimum atomic E-state index is -3.77. The van der Waals surface area contributed by atoms with Gasteiger partial charge in [-0.15, -0.1) is 0 Å². The largest absolute Gasteiger partial charge is 0.456 e. The predicted octanol–water partition coefficient (Wildman–Crippen LogP) is 0.631. The molecule has 31 heavy (non-hydrogen) atoms. The van der Waals surface area contributed by atoms with Crippen molar-refractivity contribution >= 4 is 31.5 Å². The van der Waals surface area contributed by atoms with Crippen molar-refractivity contribution in [3.05, 3.63) is 48.0 Å². The third-order valence-electron chi connectivity index (χ3n) is 4.04. The number of hydrogen-bond donors (Lipinski definition) is 2.